The molecule has 3 rings (SSSR count). The van der Waals surface area contributed by atoms with Crippen LogP contribution in [0.3, 0.4) is 0 Å². The maximum Gasteiger partial charge on any atom is 0.241 e. The minimum absolute atomic E-state index is 0.0560. The molecule has 7 heteroatoms. The lowest BCUT2D eigenvalue weighted by atomic mass is 9.86. The average molecular weight is 368 g/mol. The molecule has 1 aromatic rings. The van der Waals surface area contributed by atoms with E-state index in [1.165, 1.54) is 0 Å². The Morgan fingerprint density at radius 3 is 2.32 bits per heavy atom. The number of ether oxygens (including phenoxy) is 2. The van der Waals surface area contributed by atoms with Gasteiger partial charge in [-0.3, -0.25) is 0 Å². The molecule has 1 aliphatic carbocycles. The Labute approximate surface area is 150 Å². The molecule has 0 radical (unpaired) electrons. The third-order valence-corrected chi connectivity index (χ3v) is 6.87. The Morgan fingerprint density at radius 1 is 1.04 bits per heavy atom. The van der Waals surface area contributed by atoms with E-state index in [0.29, 0.717) is 16.7 Å². The highest BCUT2D eigenvalue weighted by molar-refractivity contribution is 7.89. The van der Waals surface area contributed by atoms with Crippen LogP contribution in [0.2, 0.25) is 0 Å². The Balaban J connectivity index is 1.69. The van der Waals surface area contributed by atoms with E-state index in [0.717, 1.165) is 50.0 Å². The number of hydrogen-bond acceptors (Lipinski definition) is 5. The monoisotopic (exact) mass is 368 g/mol. The van der Waals surface area contributed by atoms with Crippen molar-refractivity contribution in [3.05, 3.63) is 23.3 Å². The molecule has 0 unspecified atom stereocenters. The van der Waals surface area contributed by atoms with Gasteiger partial charge in [-0.1, -0.05) is 6.07 Å². The van der Waals surface area contributed by atoms with E-state index in [-0.39, 0.29) is 12.1 Å². The zero-order valence-corrected chi connectivity index (χ0v) is 16.0. The molecule has 2 fully saturated rings. The molecule has 1 aromatic carbocycles. The first-order valence-electron chi connectivity index (χ1n) is 8.92. The van der Waals surface area contributed by atoms with Crippen molar-refractivity contribution in [3.63, 3.8) is 0 Å². The summed E-state index contributed by atoms with van der Waals surface area (Å²) in [7, 11) is -2.01. The van der Waals surface area contributed by atoms with Crippen LogP contribution in [0.25, 0.3) is 0 Å². The first-order valence-corrected chi connectivity index (χ1v) is 10.4. The highest BCUT2D eigenvalue weighted by atomic mass is 32.2. The van der Waals surface area contributed by atoms with E-state index >= 15 is 0 Å². The third-order valence-electron chi connectivity index (χ3n) is 5.23. The minimum Gasteiger partial charge on any atom is -0.496 e. The molecule has 2 N–H and O–H groups in total. The van der Waals surface area contributed by atoms with Crippen molar-refractivity contribution in [1.29, 1.82) is 0 Å². The SMILES string of the molecule is COc1cc(S(=O)(=O)N[C@@H]2CC[C@@H]2NC2CCOCC2)c(C)cc1C. The first kappa shape index (κ1) is 18.6. The molecule has 6 nitrogen and oxygen atoms in total. The Morgan fingerprint density at radius 2 is 1.72 bits per heavy atom. The molecule has 2 atom stereocenters. The molecule has 1 saturated heterocycles. The van der Waals surface area contributed by atoms with E-state index in [1.807, 2.05) is 19.9 Å². The van der Waals surface area contributed by atoms with Crippen LogP contribution >= 0.6 is 0 Å². The number of aryl methyl sites for hydroxylation is 2. The predicted octanol–water partition coefficient (Wildman–Crippen LogP) is 1.89. The van der Waals surface area contributed by atoms with Crippen molar-refractivity contribution in [2.75, 3.05) is 20.3 Å². The summed E-state index contributed by atoms with van der Waals surface area (Å²) in [5, 5.41) is 3.59. The Hall–Kier alpha value is -1.15. The highest BCUT2D eigenvalue weighted by Crippen LogP contribution is 2.28. The fourth-order valence-electron chi connectivity index (χ4n) is 3.59. The van der Waals surface area contributed by atoms with Gasteiger partial charge in [0.1, 0.15) is 5.75 Å². The topological polar surface area (TPSA) is 76.7 Å². The van der Waals surface area contributed by atoms with Crippen molar-refractivity contribution in [2.45, 2.75) is 62.6 Å². The van der Waals surface area contributed by atoms with E-state index < -0.39 is 10.0 Å². The Kier molecular flexibility index (Phi) is 5.68. The summed E-state index contributed by atoms with van der Waals surface area (Å²) in [5.74, 6) is 0.594. The normalized spacial score (nSPS) is 24.8. The molecular formula is C18H28N2O4S. The molecule has 25 heavy (non-hydrogen) atoms. The second-order valence-electron chi connectivity index (χ2n) is 7.05. The molecule has 1 saturated carbocycles. The summed E-state index contributed by atoms with van der Waals surface area (Å²) in [4.78, 5) is 0.298. The molecule has 2 aliphatic rings. The fourth-order valence-corrected chi connectivity index (χ4v) is 5.15. The van der Waals surface area contributed by atoms with Gasteiger partial charge >= 0.3 is 0 Å². The van der Waals surface area contributed by atoms with Gasteiger partial charge in [0.2, 0.25) is 10.0 Å². The summed E-state index contributed by atoms with van der Waals surface area (Å²) in [6.45, 7) is 5.29. The second-order valence-corrected chi connectivity index (χ2v) is 8.73. The van der Waals surface area contributed by atoms with Gasteiger partial charge in [-0.2, -0.15) is 0 Å². The zero-order valence-electron chi connectivity index (χ0n) is 15.2. The molecular weight excluding hydrogens is 340 g/mol. The van der Waals surface area contributed by atoms with Gasteiger partial charge in [-0.25, -0.2) is 13.1 Å². The quantitative estimate of drug-likeness (QED) is 0.802. The van der Waals surface area contributed by atoms with Crippen LogP contribution in [0.5, 0.6) is 5.75 Å². The number of nitrogens with one attached hydrogen (secondary N) is 2. The van der Waals surface area contributed by atoms with Gasteiger partial charge in [-0.15, -0.1) is 0 Å². The molecule has 0 bridgehead atoms. The summed E-state index contributed by atoms with van der Waals surface area (Å²) in [5.41, 5.74) is 1.67. The van der Waals surface area contributed by atoms with Gasteiger partial charge in [-0.05, 0) is 50.7 Å². The number of rotatable bonds is 6. The highest BCUT2D eigenvalue weighted by Gasteiger charge is 2.36. The summed E-state index contributed by atoms with van der Waals surface area (Å²) in [6, 6.07) is 4.04. The van der Waals surface area contributed by atoms with Crippen LogP contribution in [0.15, 0.2) is 17.0 Å². The van der Waals surface area contributed by atoms with Crippen LogP contribution in [0, 0.1) is 13.8 Å². The van der Waals surface area contributed by atoms with Crippen molar-refractivity contribution < 1.29 is 17.9 Å². The molecule has 0 spiro atoms. The number of sulfonamides is 1. The molecule has 1 aliphatic heterocycles. The molecule has 1 heterocycles. The summed E-state index contributed by atoms with van der Waals surface area (Å²) in [6.07, 6.45) is 3.84. The van der Waals surface area contributed by atoms with Crippen molar-refractivity contribution in [2.24, 2.45) is 0 Å². The van der Waals surface area contributed by atoms with Gasteiger partial charge in [0.25, 0.3) is 0 Å². The number of hydrogen-bond donors (Lipinski definition) is 2. The first-order chi connectivity index (χ1) is 11.9. The summed E-state index contributed by atoms with van der Waals surface area (Å²) >= 11 is 0. The van der Waals surface area contributed by atoms with Crippen LogP contribution in [0.4, 0.5) is 0 Å². The van der Waals surface area contributed by atoms with Crippen molar-refractivity contribution in [3.8, 4) is 5.75 Å². The molecule has 0 aromatic heterocycles. The van der Waals surface area contributed by atoms with Gasteiger partial charge in [0.15, 0.2) is 0 Å². The fraction of sp³-hybridized carbons (Fsp3) is 0.667. The van der Waals surface area contributed by atoms with Gasteiger partial charge in [0.05, 0.1) is 12.0 Å². The lowest BCUT2D eigenvalue weighted by molar-refractivity contribution is 0.0685. The van der Waals surface area contributed by atoms with E-state index in [9.17, 15) is 8.42 Å². The average Bonchev–Trinajstić information content (AvgIpc) is 2.58. The number of benzene rings is 1. The lowest BCUT2D eigenvalue weighted by Gasteiger charge is -2.40. The maximum atomic E-state index is 12.9. The largest absolute Gasteiger partial charge is 0.496 e. The van der Waals surface area contributed by atoms with Crippen molar-refractivity contribution >= 4 is 10.0 Å². The van der Waals surface area contributed by atoms with E-state index in [1.54, 1.807) is 13.2 Å². The number of methoxy groups -OCH3 is 1. The van der Waals surface area contributed by atoms with Crippen LogP contribution in [-0.4, -0.2) is 46.9 Å². The van der Waals surface area contributed by atoms with Crippen molar-refractivity contribution in [1.82, 2.24) is 10.0 Å². The lowest BCUT2D eigenvalue weighted by Crippen LogP contribution is -2.59. The predicted molar refractivity (Wildman–Crippen MR) is 96.6 cm³/mol. The second kappa shape index (κ2) is 7.61. The van der Waals surface area contributed by atoms with Gasteiger partial charge in [0, 0.05) is 37.4 Å². The zero-order chi connectivity index (χ0) is 18.0. The van der Waals surface area contributed by atoms with Gasteiger partial charge < -0.3 is 14.8 Å². The third kappa shape index (κ3) is 4.16. The van der Waals surface area contributed by atoms with Crippen LogP contribution in [-0.2, 0) is 14.8 Å². The smallest absolute Gasteiger partial charge is 0.241 e. The standard InChI is InChI=1S/C18H28N2O4S/c1-12-10-13(2)18(11-17(12)23-3)25(21,22)20-16-5-4-15(16)19-14-6-8-24-9-7-14/h10-11,14-16,19-20H,4-9H2,1-3H3/t15-,16+/m0/s1. The van der Waals surface area contributed by atoms with E-state index in [2.05, 4.69) is 10.0 Å². The Bertz CT molecular complexity index is 714. The molecule has 0 amide bonds. The van der Waals surface area contributed by atoms with Crippen LogP contribution < -0.4 is 14.8 Å². The van der Waals surface area contributed by atoms with Crippen LogP contribution in [0.1, 0.15) is 36.8 Å². The summed E-state index contributed by atoms with van der Waals surface area (Å²) < 4.78 is 39.3. The maximum absolute atomic E-state index is 12.9. The van der Waals surface area contributed by atoms with E-state index in [4.69, 9.17) is 9.47 Å². The molecule has 140 valence electrons. The minimum atomic E-state index is -3.57.